The predicted octanol–water partition coefficient (Wildman–Crippen LogP) is 3.07. The number of alkyl halides is 3. The number of para-hydroxylation sites is 1. The number of carboxylic acids is 1. The van der Waals surface area contributed by atoms with Gasteiger partial charge in [0.2, 0.25) is 0 Å². The number of hydrogen-bond donors (Lipinski definition) is 1. The number of halogens is 3. The van der Waals surface area contributed by atoms with E-state index in [-0.39, 0.29) is 10.8 Å². The number of carbonyl (C=O) groups is 1. The molecule has 2 rings (SSSR count). The van der Waals surface area contributed by atoms with Crippen LogP contribution < -0.4 is 0 Å². The Bertz CT molecular complexity index is 611. The number of hydrogen-bond acceptors (Lipinski definition) is 3. The zero-order valence-electron chi connectivity index (χ0n) is 9.96. The first-order chi connectivity index (χ1) is 9.38. The van der Waals surface area contributed by atoms with E-state index in [0.29, 0.717) is 5.69 Å². The van der Waals surface area contributed by atoms with Crippen molar-refractivity contribution >= 4 is 17.7 Å². The zero-order valence-corrected chi connectivity index (χ0v) is 10.8. The molecule has 0 saturated carbocycles. The lowest BCUT2D eigenvalue weighted by Gasteiger charge is -2.05. The Balaban J connectivity index is 2.42. The Hall–Kier alpha value is -1.96. The summed E-state index contributed by atoms with van der Waals surface area (Å²) in [6.07, 6.45) is -4.57. The van der Waals surface area contributed by atoms with Gasteiger partial charge in [0.25, 0.3) is 0 Å². The summed E-state index contributed by atoms with van der Waals surface area (Å²) >= 11 is 0.788. The zero-order chi connectivity index (χ0) is 14.8. The van der Waals surface area contributed by atoms with Gasteiger partial charge in [-0.25, -0.2) is 4.68 Å². The number of carboxylic acid groups (broad SMARTS) is 1. The summed E-state index contributed by atoms with van der Waals surface area (Å²) in [6.45, 7) is 0. The highest BCUT2D eigenvalue weighted by Gasteiger charge is 2.35. The van der Waals surface area contributed by atoms with Crippen LogP contribution in [0.4, 0.5) is 13.2 Å². The van der Waals surface area contributed by atoms with Crippen LogP contribution in [0.1, 0.15) is 5.69 Å². The fourth-order valence-electron chi connectivity index (χ4n) is 1.50. The van der Waals surface area contributed by atoms with Gasteiger partial charge in [-0.05, 0) is 12.1 Å². The molecule has 1 heterocycles. The van der Waals surface area contributed by atoms with Gasteiger partial charge in [0.1, 0.15) is 5.03 Å². The first-order valence-corrected chi connectivity index (χ1v) is 6.44. The Morgan fingerprint density at radius 1 is 1.30 bits per heavy atom. The Morgan fingerprint density at radius 3 is 2.50 bits per heavy atom. The maximum Gasteiger partial charge on any atom is 0.435 e. The molecule has 2 aromatic rings. The fraction of sp³-hybridized carbons (Fsp3) is 0.167. The molecule has 0 saturated heterocycles. The van der Waals surface area contributed by atoms with Gasteiger partial charge >= 0.3 is 12.1 Å². The molecule has 1 N–H and O–H groups in total. The summed E-state index contributed by atoms with van der Waals surface area (Å²) in [5.41, 5.74) is -0.606. The van der Waals surface area contributed by atoms with Crippen LogP contribution in [-0.4, -0.2) is 26.6 Å². The van der Waals surface area contributed by atoms with Crippen molar-refractivity contribution < 1.29 is 23.1 Å². The van der Waals surface area contributed by atoms with Crippen LogP contribution in [0.2, 0.25) is 0 Å². The molecule has 0 aliphatic carbocycles. The van der Waals surface area contributed by atoms with Crippen LogP contribution in [0.15, 0.2) is 41.4 Å². The Kier molecular flexibility index (Phi) is 4.03. The van der Waals surface area contributed by atoms with E-state index in [2.05, 4.69) is 5.10 Å². The standard InChI is InChI=1S/C12H9F3N2O2S/c13-12(14,15)9-6-10(20-7-11(18)19)17(16-9)8-4-2-1-3-5-8/h1-6H,7H2,(H,18,19). The molecule has 20 heavy (non-hydrogen) atoms. The van der Waals surface area contributed by atoms with Crippen LogP contribution in [0.3, 0.4) is 0 Å². The molecule has 4 nitrogen and oxygen atoms in total. The highest BCUT2D eigenvalue weighted by atomic mass is 32.2. The average Bonchev–Trinajstić information content (AvgIpc) is 2.81. The molecule has 0 spiro atoms. The molecular formula is C12H9F3N2O2S. The van der Waals surface area contributed by atoms with E-state index < -0.39 is 17.8 Å². The highest BCUT2D eigenvalue weighted by molar-refractivity contribution is 7.99. The largest absolute Gasteiger partial charge is 0.481 e. The van der Waals surface area contributed by atoms with Crippen LogP contribution in [0, 0.1) is 0 Å². The van der Waals surface area contributed by atoms with Crippen molar-refractivity contribution in [1.82, 2.24) is 9.78 Å². The van der Waals surface area contributed by atoms with Gasteiger partial charge in [0.15, 0.2) is 5.69 Å². The van der Waals surface area contributed by atoms with Gasteiger partial charge in [0.05, 0.1) is 11.4 Å². The van der Waals surface area contributed by atoms with Crippen LogP contribution >= 0.6 is 11.8 Å². The average molecular weight is 302 g/mol. The van der Waals surface area contributed by atoms with Crippen LogP contribution in [0.5, 0.6) is 0 Å². The first kappa shape index (κ1) is 14.4. The number of benzene rings is 1. The lowest BCUT2D eigenvalue weighted by Crippen LogP contribution is -2.07. The molecule has 0 bridgehead atoms. The Morgan fingerprint density at radius 2 is 1.95 bits per heavy atom. The molecule has 1 aromatic carbocycles. The molecule has 106 valence electrons. The summed E-state index contributed by atoms with van der Waals surface area (Å²) in [6, 6.07) is 9.09. The monoisotopic (exact) mass is 302 g/mol. The van der Waals surface area contributed by atoms with Gasteiger partial charge in [0, 0.05) is 6.07 Å². The van der Waals surface area contributed by atoms with Crippen molar-refractivity contribution in [2.24, 2.45) is 0 Å². The second-order valence-electron chi connectivity index (χ2n) is 3.80. The minimum atomic E-state index is -4.57. The smallest absolute Gasteiger partial charge is 0.435 e. The second kappa shape index (κ2) is 5.58. The first-order valence-electron chi connectivity index (χ1n) is 5.45. The lowest BCUT2D eigenvalue weighted by atomic mass is 10.3. The maximum atomic E-state index is 12.7. The summed E-state index contributed by atoms with van der Waals surface area (Å²) < 4.78 is 39.2. The molecule has 0 atom stereocenters. The van der Waals surface area contributed by atoms with Crippen LogP contribution in [-0.2, 0) is 11.0 Å². The molecule has 0 radical (unpaired) electrons. The summed E-state index contributed by atoms with van der Waals surface area (Å²) in [5, 5.41) is 12.3. The van der Waals surface area contributed by atoms with E-state index in [1.807, 2.05) is 0 Å². The number of thioether (sulfide) groups is 1. The van der Waals surface area contributed by atoms with E-state index in [4.69, 9.17) is 5.11 Å². The van der Waals surface area contributed by atoms with E-state index >= 15 is 0 Å². The molecule has 0 aliphatic heterocycles. The van der Waals surface area contributed by atoms with Crippen LogP contribution in [0.25, 0.3) is 5.69 Å². The summed E-state index contributed by atoms with van der Waals surface area (Å²) in [5.74, 6) is -1.44. The van der Waals surface area contributed by atoms with Crippen molar-refractivity contribution in [3.05, 3.63) is 42.1 Å². The predicted molar refractivity (Wildman–Crippen MR) is 66.9 cm³/mol. The number of rotatable bonds is 4. The van der Waals surface area contributed by atoms with Gasteiger partial charge < -0.3 is 5.11 Å². The van der Waals surface area contributed by atoms with Gasteiger partial charge in [-0.15, -0.1) is 0 Å². The molecule has 8 heteroatoms. The molecule has 0 aliphatic rings. The lowest BCUT2D eigenvalue weighted by molar-refractivity contribution is -0.141. The normalized spacial score (nSPS) is 11.6. The number of aliphatic carboxylic acids is 1. The molecular weight excluding hydrogens is 293 g/mol. The maximum absolute atomic E-state index is 12.7. The third kappa shape index (κ3) is 3.32. The van der Waals surface area contributed by atoms with Crippen molar-refractivity contribution in [2.75, 3.05) is 5.75 Å². The number of aromatic nitrogens is 2. The Labute approximate surface area is 116 Å². The molecule has 1 aromatic heterocycles. The molecule has 0 unspecified atom stereocenters. The van der Waals surface area contributed by atoms with Crippen molar-refractivity contribution in [3.8, 4) is 5.69 Å². The SMILES string of the molecule is O=C(O)CSc1cc(C(F)(F)F)nn1-c1ccccc1. The molecule has 0 amide bonds. The molecule has 0 fully saturated rings. The minimum absolute atomic E-state index is 0.130. The van der Waals surface area contributed by atoms with Gasteiger partial charge in [-0.3, -0.25) is 4.79 Å². The van der Waals surface area contributed by atoms with Crippen molar-refractivity contribution in [3.63, 3.8) is 0 Å². The summed E-state index contributed by atoms with van der Waals surface area (Å²) in [4.78, 5) is 10.6. The minimum Gasteiger partial charge on any atom is -0.481 e. The topological polar surface area (TPSA) is 55.1 Å². The quantitative estimate of drug-likeness (QED) is 0.882. The highest BCUT2D eigenvalue weighted by Crippen LogP contribution is 2.32. The third-order valence-corrected chi connectivity index (χ3v) is 3.29. The second-order valence-corrected chi connectivity index (χ2v) is 4.79. The van der Waals surface area contributed by atoms with Crippen molar-refractivity contribution in [1.29, 1.82) is 0 Å². The van der Waals surface area contributed by atoms with E-state index in [1.165, 1.54) is 0 Å². The van der Waals surface area contributed by atoms with Crippen molar-refractivity contribution in [2.45, 2.75) is 11.2 Å². The van der Waals surface area contributed by atoms with Gasteiger partial charge in [-0.2, -0.15) is 18.3 Å². The third-order valence-electron chi connectivity index (χ3n) is 2.31. The van der Waals surface area contributed by atoms with E-state index in [9.17, 15) is 18.0 Å². The number of nitrogens with zero attached hydrogens (tertiary/aromatic N) is 2. The van der Waals surface area contributed by atoms with E-state index in [0.717, 1.165) is 22.5 Å². The van der Waals surface area contributed by atoms with Gasteiger partial charge in [-0.1, -0.05) is 30.0 Å². The summed E-state index contributed by atoms with van der Waals surface area (Å²) in [7, 11) is 0. The fourth-order valence-corrected chi connectivity index (χ4v) is 2.23. The van der Waals surface area contributed by atoms with E-state index in [1.54, 1.807) is 30.3 Å².